The van der Waals surface area contributed by atoms with Gasteiger partial charge in [0.1, 0.15) is 5.75 Å². The molecule has 2 rings (SSSR count). The number of pyridine rings is 1. The molecule has 0 aliphatic carbocycles. The van der Waals surface area contributed by atoms with Crippen LogP contribution in [-0.4, -0.2) is 12.1 Å². The van der Waals surface area contributed by atoms with E-state index in [-0.39, 0.29) is 0 Å². The van der Waals surface area contributed by atoms with E-state index in [1.807, 2.05) is 36.4 Å². The van der Waals surface area contributed by atoms with Crippen LogP contribution in [-0.2, 0) is 5.75 Å². The Morgan fingerprint density at radius 2 is 2.18 bits per heavy atom. The molecule has 2 N–H and O–H groups in total. The fourth-order valence-electron chi connectivity index (χ4n) is 1.50. The molecule has 0 atom stereocenters. The minimum Gasteiger partial charge on any atom is -0.496 e. The zero-order chi connectivity index (χ0) is 12.1. The topological polar surface area (TPSA) is 48.1 Å². The van der Waals surface area contributed by atoms with Gasteiger partial charge in [-0.05, 0) is 30.3 Å². The quantitative estimate of drug-likeness (QED) is 0.665. The highest BCUT2D eigenvalue weighted by molar-refractivity contribution is 7.98. The number of methoxy groups -OCH3 is 1. The molecule has 3 nitrogen and oxygen atoms in total. The summed E-state index contributed by atoms with van der Waals surface area (Å²) in [6, 6.07) is 11.5. The van der Waals surface area contributed by atoms with Crippen LogP contribution in [0.5, 0.6) is 5.75 Å². The van der Waals surface area contributed by atoms with E-state index in [1.165, 1.54) is 0 Å². The number of aromatic nitrogens is 1. The van der Waals surface area contributed by atoms with Gasteiger partial charge in [0.2, 0.25) is 0 Å². The highest BCUT2D eigenvalue weighted by Crippen LogP contribution is 2.28. The minimum absolute atomic E-state index is 0.752. The van der Waals surface area contributed by atoms with Crippen LogP contribution in [0.15, 0.2) is 47.6 Å². The number of rotatable bonds is 4. The third kappa shape index (κ3) is 3.14. The summed E-state index contributed by atoms with van der Waals surface area (Å²) in [5, 5.41) is 0.997. The second kappa shape index (κ2) is 5.59. The van der Waals surface area contributed by atoms with E-state index in [0.717, 1.165) is 27.8 Å². The fraction of sp³-hybridized carbons (Fsp3) is 0.154. The van der Waals surface area contributed by atoms with Crippen LogP contribution in [0.3, 0.4) is 0 Å². The average Bonchev–Trinajstić information content (AvgIpc) is 2.38. The molecule has 17 heavy (non-hydrogen) atoms. The molecule has 0 spiro atoms. The highest BCUT2D eigenvalue weighted by Gasteiger charge is 2.04. The summed E-state index contributed by atoms with van der Waals surface area (Å²) < 4.78 is 5.30. The van der Waals surface area contributed by atoms with E-state index in [9.17, 15) is 0 Å². The number of hydrogen-bond acceptors (Lipinski definition) is 4. The molecule has 0 amide bonds. The van der Waals surface area contributed by atoms with Gasteiger partial charge >= 0.3 is 0 Å². The van der Waals surface area contributed by atoms with Crippen molar-refractivity contribution in [3.05, 3.63) is 48.2 Å². The summed E-state index contributed by atoms with van der Waals surface area (Å²) >= 11 is 1.67. The van der Waals surface area contributed by atoms with E-state index in [4.69, 9.17) is 10.5 Å². The van der Waals surface area contributed by atoms with Crippen LogP contribution in [0.1, 0.15) is 5.56 Å². The predicted octanol–water partition coefficient (Wildman–Crippen LogP) is 2.96. The molecule has 0 fully saturated rings. The number of hydrogen-bond donors (Lipinski definition) is 1. The van der Waals surface area contributed by atoms with Gasteiger partial charge in [-0.15, -0.1) is 11.8 Å². The number of nitrogens with zero attached hydrogens (tertiary/aromatic N) is 1. The zero-order valence-corrected chi connectivity index (χ0v) is 10.4. The van der Waals surface area contributed by atoms with Gasteiger partial charge < -0.3 is 10.5 Å². The normalized spacial score (nSPS) is 10.2. The third-order valence-electron chi connectivity index (χ3n) is 2.32. The van der Waals surface area contributed by atoms with Crippen LogP contribution >= 0.6 is 11.8 Å². The Labute approximate surface area is 105 Å². The number of thioether (sulfide) groups is 1. The maximum Gasteiger partial charge on any atom is 0.123 e. The Hall–Kier alpha value is -1.68. The molecule has 88 valence electrons. The van der Waals surface area contributed by atoms with Crippen molar-refractivity contribution in [2.75, 3.05) is 12.8 Å². The molecule has 1 heterocycles. The SMILES string of the molecule is COc1ccc(N)cc1CSc1ccccn1. The lowest BCUT2D eigenvalue weighted by Crippen LogP contribution is -1.93. The van der Waals surface area contributed by atoms with E-state index in [2.05, 4.69) is 4.98 Å². The number of nitrogens with two attached hydrogens (primary N) is 1. The Kier molecular flexibility index (Phi) is 3.88. The van der Waals surface area contributed by atoms with Crippen molar-refractivity contribution in [2.24, 2.45) is 0 Å². The number of benzene rings is 1. The molecule has 2 aromatic rings. The van der Waals surface area contributed by atoms with Gasteiger partial charge in [-0.25, -0.2) is 4.98 Å². The van der Waals surface area contributed by atoms with Gasteiger partial charge in [0.15, 0.2) is 0 Å². The van der Waals surface area contributed by atoms with Gasteiger partial charge in [0, 0.05) is 23.2 Å². The Morgan fingerprint density at radius 1 is 1.29 bits per heavy atom. The summed E-state index contributed by atoms with van der Waals surface area (Å²) in [5.41, 5.74) is 7.61. The molecular weight excluding hydrogens is 232 g/mol. The number of anilines is 1. The number of ether oxygens (including phenoxy) is 1. The lowest BCUT2D eigenvalue weighted by atomic mass is 10.2. The van der Waals surface area contributed by atoms with Crippen molar-refractivity contribution < 1.29 is 4.74 Å². The molecule has 4 heteroatoms. The van der Waals surface area contributed by atoms with Gasteiger partial charge in [0.05, 0.1) is 12.1 Å². The van der Waals surface area contributed by atoms with E-state index in [1.54, 1.807) is 25.1 Å². The third-order valence-corrected chi connectivity index (χ3v) is 3.31. The Balaban J connectivity index is 2.11. The molecular formula is C13H14N2OS. The van der Waals surface area contributed by atoms with Crippen LogP contribution in [0, 0.1) is 0 Å². The molecule has 0 bridgehead atoms. The highest BCUT2D eigenvalue weighted by atomic mass is 32.2. The molecule has 1 aromatic heterocycles. The summed E-state index contributed by atoms with van der Waals surface area (Å²) in [6.45, 7) is 0. The van der Waals surface area contributed by atoms with E-state index < -0.39 is 0 Å². The monoisotopic (exact) mass is 246 g/mol. The molecule has 0 radical (unpaired) electrons. The lowest BCUT2D eigenvalue weighted by molar-refractivity contribution is 0.411. The largest absolute Gasteiger partial charge is 0.496 e. The second-order valence-corrected chi connectivity index (χ2v) is 4.52. The zero-order valence-electron chi connectivity index (χ0n) is 9.59. The van der Waals surface area contributed by atoms with Crippen molar-refractivity contribution >= 4 is 17.4 Å². The second-order valence-electron chi connectivity index (χ2n) is 3.53. The van der Waals surface area contributed by atoms with Crippen LogP contribution in [0.4, 0.5) is 5.69 Å². The Morgan fingerprint density at radius 3 is 2.88 bits per heavy atom. The van der Waals surface area contributed by atoms with Crippen molar-refractivity contribution in [2.45, 2.75) is 10.8 Å². The number of nitrogen functional groups attached to an aromatic ring is 1. The van der Waals surface area contributed by atoms with Gasteiger partial charge in [-0.1, -0.05) is 6.07 Å². The van der Waals surface area contributed by atoms with Crippen molar-refractivity contribution in [1.29, 1.82) is 0 Å². The van der Waals surface area contributed by atoms with E-state index >= 15 is 0 Å². The molecule has 0 saturated carbocycles. The molecule has 0 saturated heterocycles. The summed E-state index contributed by atoms with van der Waals surface area (Å²) in [6.07, 6.45) is 1.79. The maximum atomic E-state index is 5.77. The van der Waals surface area contributed by atoms with Crippen molar-refractivity contribution in [1.82, 2.24) is 4.98 Å². The van der Waals surface area contributed by atoms with Gasteiger partial charge in [-0.3, -0.25) is 0 Å². The van der Waals surface area contributed by atoms with Crippen molar-refractivity contribution in [3.8, 4) is 5.75 Å². The fourth-order valence-corrected chi connectivity index (χ4v) is 2.33. The molecule has 0 aliphatic heterocycles. The smallest absolute Gasteiger partial charge is 0.123 e. The van der Waals surface area contributed by atoms with Crippen LogP contribution in [0.25, 0.3) is 0 Å². The standard InChI is InChI=1S/C13H14N2OS/c1-16-12-6-5-11(14)8-10(12)9-17-13-4-2-3-7-15-13/h2-8H,9,14H2,1H3. The van der Waals surface area contributed by atoms with Gasteiger partial charge in [-0.2, -0.15) is 0 Å². The summed E-state index contributed by atoms with van der Waals surface area (Å²) in [7, 11) is 1.67. The van der Waals surface area contributed by atoms with Crippen LogP contribution < -0.4 is 10.5 Å². The van der Waals surface area contributed by atoms with E-state index in [0.29, 0.717) is 0 Å². The predicted molar refractivity (Wildman–Crippen MR) is 71.2 cm³/mol. The van der Waals surface area contributed by atoms with Crippen LogP contribution in [0.2, 0.25) is 0 Å². The Bertz CT molecular complexity index is 488. The molecule has 1 aromatic carbocycles. The molecule has 0 aliphatic rings. The summed E-state index contributed by atoms with van der Waals surface area (Å²) in [4.78, 5) is 4.26. The first-order chi connectivity index (χ1) is 8.29. The first-order valence-corrected chi connectivity index (χ1v) is 6.24. The summed E-state index contributed by atoms with van der Waals surface area (Å²) in [5.74, 6) is 1.66. The molecule has 0 unspecified atom stereocenters. The van der Waals surface area contributed by atoms with Crippen molar-refractivity contribution in [3.63, 3.8) is 0 Å². The minimum atomic E-state index is 0.752. The maximum absolute atomic E-state index is 5.77. The average molecular weight is 246 g/mol. The first kappa shape index (κ1) is 11.8. The van der Waals surface area contributed by atoms with Gasteiger partial charge in [0.25, 0.3) is 0 Å². The lowest BCUT2D eigenvalue weighted by Gasteiger charge is -2.08. The first-order valence-electron chi connectivity index (χ1n) is 5.26.